The van der Waals surface area contributed by atoms with Gasteiger partial charge >= 0.3 is 12.1 Å². The number of carbonyl (C=O) groups is 2. The third-order valence-electron chi connectivity index (χ3n) is 2.71. The van der Waals surface area contributed by atoms with Crippen molar-refractivity contribution in [2.75, 3.05) is 5.32 Å². The molecule has 1 aliphatic heterocycles. The molecule has 0 fully saturated rings. The molecule has 1 amide bonds. The van der Waals surface area contributed by atoms with Crippen LogP contribution in [0.1, 0.15) is 12.5 Å². The zero-order valence-electron chi connectivity index (χ0n) is 9.54. The van der Waals surface area contributed by atoms with Gasteiger partial charge in [-0.25, -0.2) is 4.79 Å². The van der Waals surface area contributed by atoms with Crippen LogP contribution in [0.3, 0.4) is 0 Å². The molecule has 19 heavy (non-hydrogen) atoms. The van der Waals surface area contributed by atoms with E-state index in [-0.39, 0.29) is 11.4 Å². The van der Waals surface area contributed by atoms with E-state index in [1.807, 2.05) is 0 Å². The summed E-state index contributed by atoms with van der Waals surface area (Å²) in [4.78, 5) is 22.5. The van der Waals surface area contributed by atoms with Crippen LogP contribution in [-0.2, 0) is 15.8 Å². The summed E-state index contributed by atoms with van der Waals surface area (Å²) < 4.78 is 42.5. The zero-order valence-corrected chi connectivity index (χ0v) is 9.54. The van der Waals surface area contributed by atoms with Gasteiger partial charge in [0.2, 0.25) is 0 Å². The van der Waals surface area contributed by atoms with Crippen molar-refractivity contribution in [2.45, 2.75) is 18.7 Å². The maximum absolute atomic E-state index is 12.5. The molecule has 2 rings (SSSR count). The fourth-order valence-corrected chi connectivity index (χ4v) is 1.53. The van der Waals surface area contributed by atoms with Crippen molar-refractivity contribution in [3.05, 3.63) is 23.8 Å². The van der Waals surface area contributed by atoms with E-state index >= 15 is 0 Å². The number of hydrogen-bond donors (Lipinski definition) is 2. The van der Waals surface area contributed by atoms with E-state index in [4.69, 9.17) is 9.84 Å². The number of fused-ring (bicyclic) bond motifs is 1. The highest BCUT2D eigenvalue weighted by molar-refractivity contribution is 6.13. The van der Waals surface area contributed by atoms with Crippen LogP contribution in [0.4, 0.5) is 18.9 Å². The van der Waals surface area contributed by atoms with Gasteiger partial charge in [-0.15, -0.1) is 0 Å². The van der Waals surface area contributed by atoms with Gasteiger partial charge in [-0.3, -0.25) is 4.79 Å². The molecule has 1 heterocycles. The highest BCUT2D eigenvalue weighted by atomic mass is 19.4. The molecule has 1 aliphatic rings. The van der Waals surface area contributed by atoms with Crippen LogP contribution in [0, 0.1) is 0 Å². The molecule has 1 aromatic rings. The monoisotopic (exact) mass is 275 g/mol. The highest BCUT2D eigenvalue weighted by Crippen LogP contribution is 2.39. The number of amides is 1. The first-order chi connectivity index (χ1) is 8.64. The first-order valence-electron chi connectivity index (χ1n) is 5.10. The van der Waals surface area contributed by atoms with Gasteiger partial charge in [0.05, 0.1) is 11.3 Å². The highest BCUT2D eigenvalue weighted by Gasteiger charge is 2.48. The summed E-state index contributed by atoms with van der Waals surface area (Å²) in [6.07, 6.45) is -4.58. The predicted octanol–water partition coefficient (Wildman–Crippen LogP) is 1.88. The summed E-state index contributed by atoms with van der Waals surface area (Å²) in [6.45, 7) is 0.966. The molecule has 1 aromatic carbocycles. The second-order valence-corrected chi connectivity index (χ2v) is 4.10. The second kappa shape index (κ2) is 3.87. The molecule has 0 radical (unpaired) electrons. The van der Waals surface area contributed by atoms with E-state index in [2.05, 4.69) is 5.32 Å². The quantitative estimate of drug-likeness (QED) is 0.767. The average molecular weight is 275 g/mol. The van der Waals surface area contributed by atoms with E-state index in [0.29, 0.717) is 6.07 Å². The lowest BCUT2D eigenvalue weighted by Gasteiger charge is -2.31. The summed E-state index contributed by atoms with van der Waals surface area (Å²) in [5, 5.41) is 11.1. The Morgan fingerprint density at radius 3 is 2.58 bits per heavy atom. The van der Waals surface area contributed by atoms with Gasteiger partial charge in [-0.1, -0.05) is 0 Å². The number of carbonyl (C=O) groups excluding carboxylic acids is 1. The molecule has 0 aromatic heterocycles. The smallest absolute Gasteiger partial charge is 0.416 e. The number of halogens is 3. The van der Waals surface area contributed by atoms with Crippen LogP contribution in [0.5, 0.6) is 5.75 Å². The fraction of sp³-hybridized carbons (Fsp3) is 0.273. The van der Waals surface area contributed by atoms with E-state index < -0.39 is 29.2 Å². The second-order valence-electron chi connectivity index (χ2n) is 4.10. The number of carboxylic acids is 1. The predicted molar refractivity (Wildman–Crippen MR) is 56.7 cm³/mol. The van der Waals surface area contributed by atoms with Crippen molar-refractivity contribution in [2.24, 2.45) is 0 Å². The van der Waals surface area contributed by atoms with Crippen molar-refractivity contribution in [1.82, 2.24) is 0 Å². The van der Waals surface area contributed by atoms with Crippen molar-refractivity contribution >= 4 is 17.6 Å². The molecule has 1 unspecified atom stereocenters. The van der Waals surface area contributed by atoms with Gasteiger partial charge < -0.3 is 15.2 Å². The Kier molecular flexibility index (Phi) is 2.69. The molecule has 2 N–H and O–H groups in total. The Morgan fingerprint density at radius 2 is 2.05 bits per heavy atom. The molecule has 1 atom stereocenters. The standard InChI is InChI=1S/C11H8F3NO4/c1-10(9(17)18)8(16)15-6-3-2-5(11(12,13)14)4-7(6)19-10/h2-4H,1H3,(H,15,16)(H,17,18). The molecule has 0 saturated heterocycles. The first kappa shape index (κ1) is 13.2. The van der Waals surface area contributed by atoms with Crippen LogP contribution in [0.15, 0.2) is 18.2 Å². The van der Waals surface area contributed by atoms with E-state index in [1.54, 1.807) is 0 Å². The SMILES string of the molecule is CC1(C(=O)O)Oc2cc(C(F)(F)F)ccc2NC1=O. The third-order valence-corrected chi connectivity index (χ3v) is 2.71. The van der Waals surface area contributed by atoms with E-state index in [9.17, 15) is 22.8 Å². The number of rotatable bonds is 1. The van der Waals surface area contributed by atoms with Gasteiger partial charge in [-0.05, 0) is 25.1 Å². The normalized spacial score (nSPS) is 22.2. The van der Waals surface area contributed by atoms with Crippen LogP contribution < -0.4 is 10.1 Å². The zero-order chi connectivity index (χ0) is 14.4. The van der Waals surface area contributed by atoms with E-state index in [1.165, 1.54) is 0 Å². The fourth-order valence-electron chi connectivity index (χ4n) is 1.53. The molecule has 0 spiro atoms. The Balaban J connectivity index is 2.48. The number of benzene rings is 1. The Labute approximate surface area is 105 Å². The largest absolute Gasteiger partial charge is 0.478 e. The molecule has 8 heteroatoms. The van der Waals surface area contributed by atoms with E-state index in [0.717, 1.165) is 19.1 Å². The summed E-state index contributed by atoms with van der Waals surface area (Å²) >= 11 is 0. The summed E-state index contributed by atoms with van der Waals surface area (Å²) in [5.41, 5.74) is -3.25. The summed E-state index contributed by atoms with van der Waals surface area (Å²) in [5.74, 6) is -2.88. The maximum atomic E-state index is 12.5. The molecule has 5 nitrogen and oxygen atoms in total. The Morgan fingerprint density at radius 1 is 1.42 bits per heavy atom. The number of aliphatic carboxylic acids is 1. The summed E-state index contributed by atoms with van der Waals surface area (Å²) in [6, 6.07) is 2.43. The third kappa shape index (κ3) is 2.09. The van der Waals surface area contributed by atoms with Gasteiger partial charge in [0.25, 0.3) is 11.5 Å². The minimum atomic E-state index is -4.58. The number of nitrogens with one attached hydrogen (secondary N) is 1. The minimum absolute atomic E-state index is 0.00303. The number of hydrogen-bond acceptors (Lipinski definition) is 3. The molecular formula is C11H8F3NO4. The van der Waals surface area contributed by atoms with Crippen LogP contribution >= 0.6 is 0 Å². The maximum Gasteiger partial charge on any atom is 0.416 e. The topological polar surface area (TPSA) is 75.6 Å². The van der Waals surface area contributed by atoms with Gasteiger partial charge in [-0.2, -0.15) is 13.2 Å². The average Bonchev–Trinajstić information content (AvgIpc) is 2.28. The van der Waals surface area contributed by atoms with Crippen LogP contribution in [0.25, 0.3) is 0 Å². The van der Waals surface area contributed by atoms with Gasteiger partial charge in [0.15, 0.2) is 0 Å². The van der Waals surface area contributed by atoms with Gasteiger partial charge in [0.1, 0.15) is 5.75 Å². The van der Waals surface area contributed by atoms with Crippen molar-refractivity contribution in [1.29, 1.82) is 0 Å². The molecule has 0 saturated carbocycles. The molecule has 0 aliphatic carbocycles. The van der Waals surface area contributed by atoms with Crippen molar-refractivity contribution < 1.29 is 32.6 Å². The Hall–Kier alpha value is -2.25. The lowest BCUT2D eigenvalue weighted by Crippen LogP contribution is -2.54. The molecule has 102 valence electrons. The van der Waals surface area contributed by atoms with Crippen LogP contribution in [-0.4, -0.2) is 22.6 Å². The van der Waals surface area contributed by atoms with Gasteiger partial charge in [0, 0.05) is 0 Å². The lowest BCUT2D eigenvalue weighted by atomic mass is 10.0. The van der Waals surface area contributed by atoms with Crippen molar-refractivity contribution in [3.8, 4) is 5.75 Å². The number of carboxylic acid groups (broad SMARTS) is 1. The minimum Gasteiger partial charge on any atom is -0.478 e. The number of anilines is 1. The Bertz CT molecular complexity index is 570. The summed E-state index contributed by atoms with van der Waals surface area (Å²) in [7, 11) is 0. The van der Waals surface area contributed by atoms with Crippen LogP contribution in [0.2, 0.25) is 0 Å². The number of ether oxygens (including phenoxy) is 1. The number of alkyl halides is 3. The van der Waals surface area contributed by atoms with Crippen molar-refractivity contribution in [3.63, 3.8) is 0 Å². The lowest BCUT2D eigenvalue weighted by molar-refractivity contribution is -0.159. The molecule has 0 bridgehead atoms. The first-order valence-corrected chi connectivity index (χ1v) is 5.10. The molecular weight excluding hydrogens is 267 g/mol.